The zero-order chi connectivity index (χ0) is 9.14. The van der Waals surface area contributed by atoms with Crippen LogP contribution in [0.15, 0.2) is 9.90 Å². The van der Waals surface area contributed by atoms with Gasteiger partial charge in [0.25, 0.3) is 0 Å². The van der Waals surface area contributed by atoms with Crippen molar-refractivity contribution in [3.8, 4) is 0 Å². The Hall–Kier alpha value is -0.545. The van der Waals surface area contributed by atoms with Gasteiger partial charge >= 0.3 is 0 Å². The third-order valence-corrected chi connectivity index (χ3v) is 2.27. The summed E-state index contributed by atoms with van der Waals surface area (Å²) in [7, 11) is 1.95. The van der Waals surface area contributed by atoms with Crippen LogP contribution in [0.4, 0.5) is 5.82 Å². The minimum atomic E-state index is 0.700. The second kappa shape index (κ2) is 3.91. The SMILES string of the molecule is Bc1nc(N=C)c(/C=C(\C)S)s1. The maximum Gasteiger partial charge on any atom is 0.177 e. The van der Waals surface area contributed by atoms with E-state index < -0.39 is 0 Å². The summed E-state index contributed by atoms with van der Waals surface area (Å²) in [6.45, 7) is 5.37. The quantitative estimate of drug-likeness (QED) is 0.426. The highest BCUT2D eigenvalue weighted by atomic mass is 32.1. The highest BCUT2D eigenvalue weighted by Crippen LogP contribution is 2.22. The normalized spacial score (nSPS) is 11.7. The van der Waals surface area contributed by atoms with Gasteiger partial charge in [-0.1, -0.05) is 0 Å². The van der Waals surface area contributed by atoms with Crippen molar-refractivity contribution in [2.45, 2.75) is 6.92 Å². The zero-order valence-electron chi connectivity index (χ0n) is 7.03. The third kappa shape index (κ3) is 2.22. The summed E-state index contributed by atoms with van der Waals surface area (Å²) >= 11 is 5.78. The molecule has 0 aliphatic heterocycles. The summed E-state index contributed by atoms with van der Waals surface area (Å²) in [5, 5.41) is 0. The van der Waals surface area contributed by atoms with Gasteiger partial charge in [0.1, 0.15) is 0 Å². The first-order valence-corrected chi connectivity index (χ1v) is 4.71. The van der Waals surface area contributed by atoms with Crippen LogP contribution < -0.4 is 4.91 Å². The fraction of sp³-hybridized carbons (Fsp3) is 0.143. The lowest BCUT2D eigenvalue weighted by Crippen LogP contribution is -1.96. The summed E-state index contributed by atoms with van der Waals surface area (Å²) in [6.07, 6.45) is 1.94. The lowest BCUT2D eigenvalue weighted by atomic mass is 10.2. The van der Waals surface area contributed by atoms with Crippen LogP contribution in [-0.2, 0) is 0 Å². The Morgan fingerprint density at radius 3 is 3.00 bits per heavy atom. The Kier molecular flexibility index (Phi) is 3.11. The van der Waals surface area contributed by atoms with Crippen LogP contribution in [0.25, 0.3) is 6.08 Å². The second-order valence-electron chi connectivity index (χ2n) is 2.36. The number of allylic oxidation sites excluding steroid dienone is 1. The molecular weight excluding hydrogens is 187 g/mol. The fourth-order valence-electron chi connectivity index (χ4n) is 0.829. The van der Waals surface area contributed by atoms with Crippen molar-refractivity contribution in [1.29, 1.82) is 0 Å². The van der Waals surface area contributed by atoms with E-state index in [1.807, 2.05) is 20.8 Å². The van der Waals surface area contributed by atoms with Gasteiger partial charge in [0.2, 0.25) is 0 Å². The van der Waals surface area contributed by atoms with E-state index in [1.165, 1.54) is 0 Å². The highest BCUT2D eigenvalue weighted by Gasteiger charge is 2.03. The smallest absolute Gasteiger partial charge is 0.177 e. The number of thiazole rings is 1. The van der Waals surface area contributed by atoms with Crippen LogP contribution >= 0.6 is 24.0 Å². The van der Waals surface area contributed by atoms with E-state index in [9.17, 15) is 0 Å². The number of nitrogens with zero attached hydrogens (tertiary/aromatic N) is 2. The molecule has 0 aliphatic rings. The molecule has 0 saturated carbocycles. The van der Waals surface area contributed by atoms with Crippen LogP contribution in [0, 0.1) is 0 Å². The first-order chi connectivity index (χ1) is 5.63. The van der Waals surface area contributed by atoms with Gasteiger partial charge in [-0.05, 0) is 24.6 Å². The van der Waals surface area contributed by atoms with Crippen LogP contribution in [0.5, 0.6) is 0 Å². The minimum Gasteiger partial charge on any atom is -0.244 e. The van der Waals surface area contributed by atoms with E-state index in [4.69, 9.17) is 0 Å². The van der Waals surface area contributed by atoms with Crippen molar-refractivity contribution in [2.24, 2.45) is 4.99 Å². The van der Waals surface area contributed by atoms with Gasteiger partial charge < -0.3 is 0 Å². The molecule has 0 fully saturated rings. The third-order valence-electron chi connectivity index (χ3n) is 1.23. The van der Waals surface area contributed by atoms with Crippen molar-refractivity contribution in [2.75, 3.05) is 0 Å². The van der Waals surface area contributed by atoms with E-state index >= 15 is 0 Å². The lowest BCUT2D eigenvalue weighted by molar-refractivity contribution is 1.38. The Labute approximate surface area is 82.3 Å². The van der Waals surface area contributed by atoms with Gasteiger partial charge in [0, 0.05) is 4.91 Å². The molecule has 0 saturated heterocycles. The van der Waals surface area contributed by atoms with Crippen LogP contribution in [0.2, 0.25) is 0 Å². The van der Waals surface area contributed by atoms with Gasteiger partial charge in [-0.15, -0.1) is 24.0 Å². The van der Waals surface area contributed by atoms with Gasteiger partial charge in [-0.3, -0.25) is 0 Å². The zero-order valence-corrected chi connectivity index (χ0v) is 8.75. The van der Waals surface area contributed by atoms with Crippen molar-refractivity contribution >= 4 is 55.3 Å². The summed E-state index contributed by atoms with van der Waals surface area (Å²) in [5.41, 5.74) is 0. The number of aliphatic imine (C=N–C) groups is 1. The van der Waals surface area contributed by atoms with Gasteiger partial charge in [-0.2, -0.15) is 0 Å². The Morgan fingerprint density at radius 2 is 2.50 bits per heavy atom. The van der Waals surface area contributed by atoms with Crippen LogP contribution in [-0.4, -0.2) is 19.5 Å². The number of hydrogen-bond donors (Lipinski definition) is 1. The maximum absolute atomic E-state index is 4.19. The van der Waals surface area contributed by atoms with E-state index in [0.29, 0.717) is 5.82 Å². The summed E-state index contributed by atoms with van der Waals surface area (Å²) < 4.78 is 0. The number of hydrogen-bond acceptors (Lipinski definition) is 4. The molecular formula is C7H9BN2S2. The molecule has 12 heavy (non-hydrogen) atoms. The lowest BCUT2D eigenvalue weighted by Gasteiger charge is -1.88. The van der Waals surface area contributed by atoms with Gasteiger partial charge in [-0.25, -0.2) is 9.98 Å². The molecule has 0 N–H and O–H groups in total. The van der Waals surface area contributed by atoms with E-state index in [-0.39, 0.29) is 0 Å². The molecule has 0 unspecified atom stereocenters. The molecule has 0 aromatic carbocycles. The Morgan fingerprint density at radius 1 is 1.83 bits per heavy atom. The predicted octanol–water partition coefficient (Wildman–Crippen LogP) is 1.02. The molecule has 1 aromatic heterocycles. The predicted molar refractivity (Wildman–Crippen MR) is 62.1 cm³/mol. The van der Waals surface area contributed by atoms with Gasteiger partial charge in [0.15, 0.2) is 13.7 Å². The van der Waals surface area contributed by atoms with Gasteiger partial charge in [0.05, 0.1) is 4.88 Å². The fourth-order valence-corrected chi connectivity index (χ4v) is 1.93. The second-order valence-corrected chi connectivity index (χ2v) is 4.30. The molecule has 0 amide bonds. The first-order valence-electron chi connectivity index (χ1n) is 3.45. The van der Waals surface area contributed by atoms with E-state index in [0.717, 1.165) is 14.7 Å². The highest BCUT2D eigenvalue weighted by molar-refractivity contribution is 7.84. The number of aromatic nitrogens is 1. The van der Waals surface area contributed by atoms with Crippen LogP contribution in [0.3, 0.4) is 0 Å². The minimum absolute atomic E-state index is 0.700. The Bertz CT molecular complexity index is 326. The largest absolute Gasteiger partial charge is 0.244 e. The van der Waals surface area contributed by atoms with Crippen molar-refractivity contribution in [3.63, 3.8) is 0 Å². The molecule has 1 heterocycles. The van der Waals surface area contributed by atoms with E-state index in [1.54, 1.807) is 11.3 Å². The van der Waals surface area contributed by atoms with Crippen molar-refractivity contribution in [1.82, 2.24) is 4.98 Å². The molecule has 0 atom stereocenters. The molecule has 0 aliphatic carbocycles. The number of thiol groups is 1. The summed E-state index contributed by atoms with van der Waals surface area (Å²) in [6, 6.07) is 0. The first kappa shape index (κ1) is 9.54. The summed E-state index contributed by atoms with van der Waals surface area (Å²) in [4.78, 5) is 11.0. The molecule has 0 bridgehead atoms. The topological polar surface area (TPSA) is 25.2 Å². The molecule has 0 spiro atoms. The summed E-state index contributed by atoms with van der Waals surface area (Å²) in [5.74, 6) is 0.700. The molecule has 0 radical (unpaired) electrons. The molecule has 62 valence electrons. The van der Waals surface area contributed by atoms with Crippen LogP contribution in [0.1, 0.15) is 11.8 Å². The number of rotatable bonds is 2. The molecule has 2 nitrogen and oxygen atoms in total. The molecule has 1 aromatic rings. The molecule has 5 heteroatoms. The standard InChI is InChI=1S/C7H9BN2S2/c1-4(11)3-5-6(9-2)10-7(8)12-5/h3,11H,2,8H2,1H3/b4-3+. The monoisotopic (exact) mass is 196 g/mol. The average molecular weight is 196 g/mol. The average Bonchev–Trinajstić information content (AvgIpc) is 2.29. The Balaban J connectivity index is 3.13. The van der Waals surface area contributed by atoms with Crippen molar-refractivity contribution < 1.29 is 0 Å². The maximum atomic E-state index is 4.19. The van der Waals surface area contributed by atoms with E-state index in [2.05, 4.69) is 29.3 Å². The van der Waals surface area contributed by atoms with Crippen molar-refractivity contribution in [3.05, 3.63) is 9.78 Å². The molecule has 1 rings (SSSR count).